The highest BCUT2D eigenvalue weighted by atomic mass is 16.7. The van der Waals surface area contributed by atoms with Crippen LogP contribution in [0.4, 0.5) is 0 Å². The highest BCUT2D eigenvalue weighted by Gasteiger charge is 2.15. The maximum absolute atomic E-state index is 10.2. The standard InChI is InChI=1S/C12H14O3/c13-7-3-6-12-14-8-10-4-1-2-5-11(10)9-15-12/h1-2,4-5,7,12H,3,6,8-9H2. The molecule has 0 aromatic heterocycles. The zero-order valence-electron chi connectivity index (χ0n) is 8.52. The predicted molar refractivity (Wildman–Crippen MR) is 55.1 cm³/mol. The van der Waals surface area contributed by atoms with E-state index in [4.69, 9.17) is 9.47 Å². The second-order valence-corrected chi connectivity index (χ2v) is 3.56. The Kier molecular flexibility index (Phi) is 3.48. The van der Waals surface area contributed by atoms with Crippen LogP contribution in [0.1, 0.15) is 24.0 Å². The van der Waals surface area contributed by atoms with Crippen LogP contribution >= 0.6 is 0 Å². The maximum atomic E-state index is 10.2. The van der Waals surface area contributed by atoms with Crippen molar-refractivity contribution in [1.82, 2.24) is 0 Å². The number of ether oxygens (including phenoxy) is 2. The zero-order chi connectivity index (χ0) is 10.5. The average Bonchev–Trinajstić information content (AvgIpc) is 2.49. The van der Waals surface area contributed by atoms with E-state index in [0.717, 1.165) is 6.29 Å². The first-order chi connectivity index (χ1) is 7.40. The molecule has 0 aliphatic carbocycles. The lowest BCUT2D eigenvalue weighted by molar-refractivity contribution is -0.153. The summed E-state index contributed by atoms with van der Waals surface area (Å²) in [6.45, 7) is 1.14. The molecule has 0 fully saturated rings. The fourth-order valence-electron chi connectivity index (χ4n) is 1.62. The first-order valence-electron chi connectivity index (χ1n) is 5.14. The Morgan fingerprint density at radius 3 is 2.33 bits per heavy atom. The summed E-state index contributed by atoms with van der Waals surface area (Å²) >= 11 is 0. The Morgan fingerprint density at radius 1 is 1.20 bits per heavy atom. The van der Waals surface area contributed by atoms with Crippen LogP contribution in [0.2, 0.25) is 0 Å². The summed E-state index contributed by atoms with van der Waals surface area (Å²) in [6.07, 6.45) is 1.77. The monoisotopic (exact) mass is 206 g/mol. The van der Waals surface area contributed by atoms with Gasteiger partial charge >= 0.3 is 0 Å². The first-order valence-corrected chi connectivity index (χ1v) is 5.14. The third kappa shape index (κ3) is 2.64. The summed E-state index contributed by atoms with van der Waals surface area (Å²) in [7, 11) is 0. The van der Waals surface area contributed by atoms with E-state index >= 15 is 0 Å². The van der Waals surface area contributed by atoms with Crippen molar-refractivity contribution in [3.63, 3.8) is 0 Å². The van der Waals surface area contributed by atoms with Crippen LogP contribution in [-0.4, -0.2) is 12.6 Å². The van der Waals surface area contributed by atoms with E-state index < -0.39 is 0 Å². The van der Waals surface area contributed by atoms with Gasteiger partial charge in [-0.3, -0.25) is 0 Å². The third-order valence-corrected chi connectivity index (χ3v) is 2.49. The molecule has 0 bridgehead atoms. The van der Waals surface area contributed by atoms with Gasteiger partial charge in [0.15, 0.2) is 6.29 Å². The molecule has 1 aliphatic rings. The number of hydrogen-bond acceptors (Lipinski definition) is 3. The molecular weight excluding hydrogens is 192 g/mol. The first kappa shape index (κ1) is 10.3. The molecular formula is C12H14O3. The lowest BCUT2D eigenvalue weighted by Crippen LogP contribution is -2.14. The van der Waals surface area contributed by atoms with Crippen molar-refractivity contribution in [2.75, 3.05) is 0 Å². The van der Waals surface area contributed by atoms with E-state index in [-0.39, 0.29) is 6.29 Å². The number of carbonyl (C=O) groups excluding carboxylic acids is 1. The molecule has 15 heavy (non-hydrogen) atoms. The van der Waals surface area contributed by atoms with Gasteiger partial charge in [-0.1, -0.05) is 24.3 Å². The van der Waals surface area contributed by atoms with Crippen molar-refractivity contribution < 1.29 is 14.3 Å². The van der Waals surface area contributed by atoms with Gasteiger partial charge in [-0.05, 0) is 11.1 Å². The molecule has 1 aromatic rings. The van der Waals surface area contributed by atoms with Crippen molar-refractivity contribution >= 4 is 6.29 Å². The van der Waals surface area contributed by atoms with Crippen LogP contribution in [0, 0.1) is 0 Å². The second-order valence-electron chi connectivity index (χ2n) is 3.56. The van der Waals surface area contributed by atoms with Crippen LogP contribution in [0.15, 0.2) is 24.3 Å². The van der Waals surface area contributed by atoms with E-state index in [2.05, 4.69) is 0 Å². The zero-order valence-corrected chi connectivity index (χ0v) is 8.52. The van der Waals surface area contributed by atoms with Gasteiger partial charge in [0.25, 0.3) is 0 Å². The number of rotatable bonds is 3. The SMILES string of the molecule is O=CCCC1OCc2ccccc2CO1. The van der Waals surface area contributed by atoms with E-state index in [0.29, 0.717) is 26.1 Å². The van der Waals surface area contributed by atoms with Crippen LogP contribution < -0.4 is 0 Å². The van der Waals surface area contributed by atoms with Crippen LogP contribution in [0.25, 0.3) is 0 Å². The predicted octanol–water partition coefficient (Wildman–Crippen LogP) is 2.04. The van der Waals surface area contributed by atoms with Crippen LogP contribution in [0.5, 0.6) is 0 Å². The summed E-state index contributed by atoms with van der Waals surface area (Å²) in [5, 5.41) is 0. The van der Waals surface area contributed by atoms with Crippen molar-refractivity contribution in [2.45, 2.75) is 32.3 Å². The number of aldehydes is 1. The molecule has 0 saturated heterocycles. The Balaban J connectivity index is 1.99. The molecule has 0 saturated carbocycles. The van der Waals surface area contributed by atoms with E-state index in [1.54, 1.807) is 0 Å². The molecule has 80 valence electrons. The van der Waals surface area contributed by atoms with Crippen molar-refractivity contribution in [2.24, 2.45) is 0 Å². The van der Waals surface area contributed by atoms with E-state index in [1.807, 2.05) is 24.3 Å². The minimum Gasteiger partial charge on any atom is -0.348 e. The normalized spacial score (nSPS) is 16.8. The fourth-order valence-corrected chi connectivity index (χ4v) is 1.62. The van der Waals surface area contributed by atoms with Gasteiger partial charge in [0, 0.05) is 12.8 Å². The Morgan fingerprint density at radius 2 is 1.80 bits per heavy atom. The van der Waals surface area contributed by atoms with Crippen LogP contribution in [-0.2, 0) is 27.5 Å². The van der Waals surface area contributed by atoms with Gasteiger partial charge in [-0.15, -0.1) is 0 Å². The van der Waals surface area contributed by atoms with Gasteiger partial charge < -0.3 is 14.3 Å². The molecule has 1 aromatic carbocycles. The molecule has 2 rings (SSSR count). The van der Waals surface area contributed by atoms with Gasteiger partial charge in [0.1, 0.15) is 6.29 Å². The molecule has 3 heteroatoms. The minimum absolute atomic E-state index is 0.248. The Labute approximate surface area is 89.0 Å². The lowest BCUT2D eigenvalue weighted by Gasteiger charge is -2.13. The Bertz CT molecular complexity index is 308. The Hall–Kier alpha value is -1.19. The third-order valence-electron chi connectivity index (χ3n) is 2.49. The molecule has 0 N–H and O–H groups in total. The van der Waals surface area contributed by atoms with Crippen molar-refractivity contribution in [1.29, 1.82) is 0 Å². The van der Waals surface area contributed by atoms with Gasteiger partial charge in [-0.25, -0.2) is 0 Å². The van der Waals surface area contributed by atoms with Gasteiger partial charge in [0.05, 0.1) is 13.2 Å². The van der Waals surface area contributed by atoms with Gasteiger partial charge in [-0.2, -0.15) is 0 Å². The summed E-state index contributed by atoms with van der Waals surface area (Å²) in [5.74, 6) is 0. The quantitative estimate of drug-likeness (QED) is 0.710. The summed E-state index contributed by atoms with van der Waals surface area (Å²) in [4.78, 5) is 10.2. The summed E-state index contributed by atoms with van der Waals surface area (Å²) in [6, 6.07) is 8.07. The maximum Gasteiger partial charge on any atom is 0.158 e. The minimum atomic E-state index is -0.248. The molecule has 0 radical (unpaired) electrons. The number of hydrogen-bond donors (Lipinski definition) is 0. The lowest BCUT2D eigenvalue weighted by atomic mass is 10.1. The van der Waals surface area contributed by atoms with Crippen molar-refractivity contribution in [3.05, 3.63) is 35.4 Å². The fraction of sp³-hybridized carbons (Fsp3) is 0.417. The van der Waals surface area contributed by atoms with Crippen LogP contribution in [0.3, 0.4) is 0 Å². The second kappa shape index (κ2) is 5.05. The highest BCUT2D eigenvalue weighted by molar-refractivity contribution is 5.49. The van der Waals surface area contributed by atoms with E-state index in [9.17, 15) is 4.79 Å². The average molecular weight is 206 g/mol. The molecule has 3 nitrogen and oxygen atoms in total. The van der Waals surface area contributed by atoms with Crippen molar-refractivity contribution in [3.8, 4) is 0 Å². The number of fused-ring (bicyclic) bond motifs is 1. The molecule has 0 atom stereocenters. The van der Waals surface area contributed by atoms with Gasteiger partial charge in [0.2, 0.25) is 0 Å². The summed E-state index contributed by atoms with van der Waals surface area (Å²) < 4.78 is 11.1. The molecule has 0 unspecified atom stereocenters. The molecule has 1 heterocycles. The number of carbonyl (C=O) groups is 1. The summed E-state index contributed by atoms with van der Waals surface area (Å²) in [5.41, 5.74) is 2.34. The topological polar surface area (TPSA) is 35.5 Å². The molecule has 0 amide bonds. The smallest absolute Gasteiger partial charge is 0.158 e. The molecule has 0 spiro atoms. The number of benzene rings is 1. The molecule has 1 aliphatic heterocycles. The van der Waals surface area contributed by atoms with E-state index in [1.165, 1.54) is 11.1 Å². The largest absolute Gasteiger partial charge is 0.348 e. The highest BCUT2D eigenvalue weighted by Crippen LogP contribution is 2.19.